The number of sulfonamides is 1. The monoisotopic (exact) mass is 569 g/mol. The van der Waals surface area contributed by atoms with Gasteiger partial charge in [-0.1, -0.05) is 63.2 Å². The van der Waals surface area contributed by atoms with Crippen LogP contribution in [0.2, 0.25) is 0 Å². The second kappa shape index (κ2) is 10.1. The van der Waals surface area contributed by atoms with Gasteiger partial charge in [-0.25, -0.2) is 12.8 Å². The Morgan fingerprint density at radius 1 is 0.951 bits per heavy atom. The number of ketones is 1. The van der Waals surface area contributed by atoms with Gasteiger partial charge in [-0.05, 0) is 71.0 Å². The summed E-state index contributed by atoms with van der Waals surface area (Å²) in [6.07, 6.45) is 4.30. The number of anilines is 1. The van der Waals surface area contributed by atoms with Gasteiger partial charge >= 0.3 is 0 Å². The molecule has 1 aliphatic carbocycles. The van der Waals surface area contributed by atoms with Crippen LogP contribution in [0.25, 0.3) is 0 Å². The number of hydrogen-bond acceptors (Lipinski definition) is 5. The molecule has 2 heterocycles. The maximum Gasteiger partial charge on any atom is 0.243 e. The van der Waals surface area contributed by atoms with E-state index in [0.717, 1.165) is 33.7 Å². The quantitative estimate of drug-likeness (QED) is 0.375. The summed E-state index contributed by atoms with van der Waals surface area (Å²) in [7, 11) is -3.78. The molecule has 0 radical (unpaired) electrons. The fourth-order valence-electron chi connectivity index (χ4n) is 5.71. The molecule has 0 fully saturated rings. The molecule has 1 N–H and O–H groups in total. The average molecular weight is 570 g/mol. The highest BCUT2D eigenvalue weighted by molar-refractivity contribution is 7.89. The first-order valence-electron chi connectivity index (χ1n) is 13.7. The van der Waals surface area contributed by atoms with Gasteiger partial charge in [0.05, 0.1) is 22.2 Å². The second-order valence-electron chi connectivity index (χ2n) is 11.6. The van der Waals surface area contributed by atoms with E-state index in [4.69, 9.17) is 0 Å². The predicted molar refractivity (Wildman–Crippen MR) is 158 cm³/mol. The Balaban J connectivity index is 1.38. The van der Waals surface area contributed by atoms with Gasteiger partial charge in [0, 0.05) is 30.4 Å². The standard InChI is InChI=1S/C33H32FN3O3S/c1-33(2,3)24-9-15-27(16-10-24)41(39,40)36-18-17-23-19-30-28(20-35-37(30)26-13-11-25(34)12-14-26)31(29(23)21-36)32(38)22-7-5-4-6-8-22/h4-16,19-20,31,35H,17-18,21H2,1-3H3/t31-/m0/s1. The first-order chi connectivity index (χ1) is 19.5. The highest BCUT2D eigenvalue weighted by Gasteiger charge is 2.42. The minimum atomic E-state index is -3.78. The summed E-state index contributed by atoms with van der Waals surface area (Å²) in [5.74, 6) is -1.08. The first-order valence-corrected chi connectivity index (χ1v) is 15.1. The zero-order chi connectivity index (χ0) is 28.9. The summed E-state index contributed by atoms with van der Waals surface area (Å²) < 4.78 is 42.7. The second-order valence-corrected chi connectivity index (χ2v) is 13.6. The lowest BCUT2D eigenvalue weighted by atomic mass is 9.76. The molecule has 3 aromatic carbocycles. The molecule has 0 unspecified atom stereocenters. The fourth-order valence-corrected chi connectivity index (χ4v) is 7.13. The molecule has 1 atom stereocenters. The van der Waals surface area contributed by atoms with E-state index in [-0.39, 0.29) is 28.5 Å². The number of benzene rings is 3. The Morgan fingerprint density at radius 2 is 1.63 bits per heavy atom. The van der Waals surface area contributed by atoms with Crippen LogP contribution in [0.1, 0.15) is 43.1 Å². The minimum absolute atomic E-state index is 0.0882. The largest absolute Gasteiger partial charge is 0.301 e. The molecule has 41 heavy (non-hydrogen) atoms. The molecule has 8 heteroatoms. The summed E-state index contributed by atoms with van der Waals surface area (Å²) >= 11 is 0. The Bertz CT molecular complexity index is 1700. The third-order valence-electron chi connectivity index (χ3n) is 8.01. The lowest BCUT2D eigenvalue weighted by molar-refractivity contribution is 0.0952. The molecule has 210 valence electrons. The third kappa shape index (κ3) is 4.91. The molecule has 0 bridgehead atoms. The lowest BCUT2D eigenvalue weighted by Crippen LogP contribution is -2.41. The van der Waals surface area contributed by atoms with Crippen molar-refractivity contribution < 1.29 is 17.6 Å². The van der Waals surface area contributed by atoms with Gasteiger partial charge in [0.1, 0.15) is 5.82 Å². The number of rotatable bonds is 5. The van der Waals surface area contributed by atoms with Crippen molar-refractivity contribution in [2.24, 2.45) is 5.92 Å². The number of nitrogens with one attached hydrogen (secondary N) is 1. The van der Waals surface area contributed by atoms with Gasteiger partial charge in [0.25, 0.3) is 0 Å². The van der Waals surface area contributed by atoms with E-state index >= 15 is 0 Å². The number of carbonyl (C=O) groups excluding carboxylic acids is 1. The van der Waals surface area contributed by atoms with Gasteiger partial charge in [-0.2, -0.15) is 4.31 Å². The fraction of sp³-hybridized carbons (Fsp3) is 0.242. The van der Waals surface area contributed by atoms with E-state index in [0.29, 0.717) is 18.5 Å². The van der Waals surface area contributed by atoms with Crippen molar-refractivity contribution in [2.45, 2.75) is 37.5 Å². The Kier molecular flexibility index (Phi) is 6.71. The van der Waals surface area contributed by atoms with Crippen molar-refractivity contribution in [1.82, 2.24) is 9.73 Å². The van der Waals surface area contributed by atoms with Crippen LogP contribution < -0.4 is 10.4 Å². The van der Waals surface area contributed by atoms with Crippen molar-refractivity contribution in [2.75, 3.05) is 18.1 Å². The van der Waals surface area contributed by atoms with Crippen LogP contribution >= 0.6 is 0 Å². The molecule has 0 saturated carbocycles. The number of fused-ring (bicyclic) bond motifs is 1. The Labute approximate surface area is 240 Å². The maximum absolute atomic E-state index is 14.1. The Hall–Kier alpha value is -4.01. The van der Waals surface area contributed by atoms with Gasteiger partial charge in [-0.3, -0.25) is 9.80 Å². The molecule has 3 aromatic rings. The predicted octanol–water partition coefficient (Wildman–Crippen LogP) is 6.12. The van der Waals surface area contributed by atoms with Gasteiger partial charge < -0.3 is 5.43 Å². The summed E-state index contributed by atoms with van der Waals surface area (Å²) in [6, 6.07) is 22.3. The molecular weight excluding hydrogens is 537 g/mol. The van der Waals surface area contributed by atoms with Crippen molar-refractivity contribution in [3.05, 3.63) is 130 Å². The van der Waals surface area contributed by atoms with E-state index in [1.54, 1.807) is 42.6 Å². The highest BCUT2D eigenvalue weighted by Crippen LogP contribution is 2.44. The van der Waals surface area contributed by atoms with Crippen molar-refractivity contribution in [3.8, 4) is 0 Å². The highest BCUT2D eigenvalue weighted by atomic mass is 32.2. The van der Waals surface area contributed by atoms with E-state index in [9.17, 15) is 17.6 Å². The molecule has 6 nitrogen and oxygen atoms in total. The van der Waals surface area contributed by atoms with Crippen LogP contribution in [0.5, 0.6) is 0 Å². The van der Waals surface area contributed by atoms with Crippen LogP contribution in [0, 0.1) is 11.7 Å². The van der Waals surface area contributed by atoms with Crippen LogP contribution in [0.3, 0.4) is 0 Å². The van der Waals surface area contributed by atoms with Crippen LogP contribution in [-0.4, -0.2) is 31.6 Å². The normalized spacial score (nSPS) is 19.2. The minimum Gasteiger partial charge on any atom is -0.301 e. The maximum atomic E-state index is 14.1. The van der Waals surface area contributed by atoms with E-state index in [1.807, 2.05) is 41.4 Å². The number of halogens is 1. The molecule has 6 rings (SSSR count). The van der Waals surface area contributed by atoms with Crippen molar-refractivity contribution >= 4 is 21.5 Å². The molecule has 0 spiro atoms. The molecule has 0 aromatic heterocycles. The topological polar surface area (TPSA) is 69.7 Å². The third-order valence-corrected chi connectivity index (χ3v) is 9.87. The first kappa shape index (κ1) is 27.2. The summed E-state index contributed by atoms with van der Waals surface area (Å²) in [6.45, 7) is 6.70. The number of hydrogen-bond donors (Lipinski definition) is 1. The number of nitrogens with zero attached hydrogens (tertiary/aromatic N) is 2. The molecule has 3 aliphatic rings. The lowest BCUT2D eigenvalue weighted by Gasteiger charge is -2.37. The molecule has 0 saturated heterocycles. The molecule has 2 aliphatic heterocycles. The van der Waals surface area contributed by atoms with Crippen molar-refractivity contribution in [1.29, 1.82) is 0 Å². The number of Topliss-reactive ketones (excluding diaryl/α,β-unsaturated/α-hetero) is 1. The summed E-state index contributed by atoms with van der Waals surface area (Å²) in [4.78, 5) is 14.3. The number of hydrazine groups is 1. The van der Waals surface area contributed by atoms with E-state index in [2.05, 4.69) is 26.2 Å². The van der Waals surface area contributed by atoms with Gasteiger partial charge in [0.2, 0.25) is 10.0 Å². The van der Waals surface area contributed by atoms with Crippen LogP contribution in [0.15, 0.2) is 118 Å². The molecular formula is C33H32FN3O3S. The van der Waals surface area contributed by atoms with Crippen LogP contribution in [-0.2, 0) is 15.4 Å². The smallest absolute Gasteiger partial charge is 0.243 e. The zero-order valence-electron chi connectivity index (χ0n) is 23.3. The Morgan fingerprint density at radius 3 is 2.29 bits per heavy atom. The SMILES string of the molecule is CC(C)(C)c1ccc(S(=O)(=O)N2CCC3=C(C2)[C@@H](C(=O)c2ccccc2)C2=CNN(c4ccc(F)cc4)C2=C3)cc1. The van der Waals surface area contributed by atoms with Gasteiger partial charge in [-0.15, -0.1) is 0 Å². The zero-order valence-corrected chi connectivity index (χ0v) is 24.1. The summed E-state index contributed by atoms with van der Waals surface area (Å²) in [5.41, 5.74) is 8.81. The average Bonchev–Trinajstić information content (AvgIpc) is 3.39. The van der Waals surface area contributed by atoms with Gasteiger partial charge in [0.15, 0.2) is 5.78 Å². The van der Waals surface area contributed by atoms with Crippen molar-refractivity contribution in [3.63, 3.8) is 0 Å². The van der Waals surface area contributed by atoms with E-state index < -0.39 is 15.9 Å². The molecule has 0 amide bonds. The van der Waals surface area contributed by atoms with E-state index in [1.165, 1.54) is 16.4 Å². The van der Waals surface area contributed by atoms with Crippen LogP contribution in [0.4, 0.5) is 10.1 Å². The summed E-state index contributed by atoms with van der Waals surface area (Å²) in [5, 5.41) is 1.84. The number of allylic oxidation sites excluding steroid dienone is 2. The number of carbonyl (C=O) groups is 1.